The molecule has 0 unspecified atom stereocenters. The molecule has 2 aromatic carbocycles. The number of piperidine rings is 1. The molecule has 2 aliphatic rings. The van der Waals surface area contributed by atoms with E-state index in [1.807, 2.05) is 18.2 Å². The maximum atomic E-state index is 13.1. The van der Waals surface area contributed by atoms with Crippen molar-refractivity contribution in [3.8, 4) is 0 Å². The van der Waals surface area contributed by atoms with Crippen molar-refractivity contribution in [3.05, 3.63) is 65.7 Å². The minimum Gasteiger partial charge on any atom is -0.353 e. The summed E-state index contributed by atoms with van der Waals surface area (Å²) >= 11 is 0. The summed E-state index contributed by atoms with van der Waals surface area (Å²) < 4.78 is 0. The summed E-state index contributed by atoms with van der Waals surface area (Å²) in [6, 6.07) is 16.3. The largest absolute Gasteiger partial charge is 0.353 e. The number of carbonyl (C=O) groups excluding carboxylic acids is 3. The second-order valence-corrected chi connectivity index (χ2v) is 9.18. The molecule has 2 N–H and O–H groups in total. The number of benzene rings is 2. The van der Waals surface area contributed by atoms with Crippen molar-refractivity contribution >= 4 is 23.4 Å². The molecule has 1 aliphatic heterocycles. The van der Waals surface area contributed by atoms with E-state index in [0.29, 0.717) is 29.9 Å². The van der Waals surface area contributed by atoms with Crippen LogP contribution >= 0.6 is 0 Å². The summed E-state index contributed by atoms with van der Waals surface area (Å²) in [7, 11) is 0. The van der Waals surface area contributed by atoms with Crippen molar-refractivity contribution in [2.24, 2.45) is 5.92 Å². The first kappa shape index (κ1) is 23.0. The molecular weight excluding hydrogens is 414 g/mol. The highest BCUT2D eigenvalue weighted by Crippen LogP contribution is 2.22. The summed E-state index contributed by atoms with van der Waals surface area (Å²) in [6.45, 7) is 1.13. The second kappa shape index (κ2) is 11.1. The summed E-state index contributed by atoms with van der Waals surface area (Å²) in [5.74, 6) is -0.301. The van der Waals surface area contributed by atoms with E-state index < -0.39 is 0 Å². The molecule has 1 aliphatic carbocycles. The molecule has 0 spiro atoms. The van der Waals surface area contributed by atoms with Crippen molar-refractivity contribution in [3.63, 3.8) is 0 Å². The molecule has 1 saturated carbocycles. The standard InChI is InChI=1S/C27H33N3O3/c31-25(20-9-4-3-5-10-20)29-24-16-14-21(15-17-24)27(33)30-18-8-11-22(19-30)26(32)28-23-12-6-1-2-7-13-23/h3-5,9-10,14-17,22-23H,1-2,6-8,11-13,18-19H2,(H,28,32)(H,29,31)/t22-/m0/s1. The Balaban J connectivity index is 1.32. The summed E-state index contributed by atoms with van der Waals surface area (Å²) in [5, 5.41) is 6.10. The van der Waals surface area contributed by atoms with Gasteiger partial charge in [0.1, 0.15) is 0 Å². The molecule has 33 heavy (non-hydrogen) atoms. The van der Waals surface area contributed by atoms with Crippen molar-refractivity contribution in [2.45, 2.75) is 57.4 Å². The Hall–Kier alpha value is -3.15. The average Bonchev–Trinajstić information content (AvgIpc) is 3.13. The molecule has 6 heteroatoms. The molecule has 1 heterocycles. The molecule has 2 aromatic rings. The Kier molecular flexibility index (Phi) is 7.76. The van der Waals surface area contributed by atoms with E-state index in [2.05, 4.69) is 10.6 Å². The van der Waals surface area contributed by atoms with E-state index in [9.17, 15) is 14.4 Å². The fraction of sp³-hybridized carbons (Fsp3) is 0.444. The Morgan fingerprint density at radius 2 is 1.45 bits per heavy atom. The number of carbonyl (C=O) groups is 3. The number of hydrogen-bond acceptors (Lipinski definition) is 3. The van der Waals surface area contributed by atoms with Crippen LogP contribution < -0.4 is 10.6 Å². The van der Waals surface area contributed by atoms with E-state index in [4.69, 9.17) is 0 Å². The lowest BCUT2D eigenvalue weighted by atomic mass is 9.95. The van der Waals surface area contributed by atoms with E-state index in [1.54, 1.807) is 41.3 Å². The Bertz CT molecular complexity index is 950. The Labute approximate surface area is 195 Å². The molecule has 0 radical (unpaired) electrons. The van der Waals surface area contributed by atoms with Gasteiger partial charge in [0.05, 0.1) is 5.92 Å². The van der Waals surface area contributed by atoms with Crippen molar-refractivity contribution in [1.29, 1.82) is 0 Å². The summed E-state index contributed by atoms with van der Waals surface area (Å²) in [5.41, 5.74) is 1.79. The topological polar surface area (TPSA) is 78.5 Å². The maximum absolute atomic E-state index is 13.1. The zero-order valence-electron chi connectivity index (χ0n) is 19.1. The minimum absolute atomic E-state index is 0.0668. The van der Waals surface area contributed by atoms with Crippen molar-refractivity contribution in [1.82, 2.24) is 10.2 Å². The fourth-order valence-electron chi connectivity index (χ4n) is 4.79. The van der Waals surface area contributed by atoms with Gasteiger partial charge < -0.3 is 15.5 Å². The number of rotatable bonds is 5. The van der Waals surface area contributed by atoms with Gasteiger partial charge in [-0.1, -0.05) is 43.9 Å². The third kappa shape index (κ3) is 6.21. The van der Waals surface area contributed by atoms with Crippen LogP contribution in [0, 0.1) is 5.92 Å². The normalized spacial score (nSPS) is 19.4. The van der Waals surface area contributed by atoms with Crippen LogP contribution in [0.3, 0.4) is 0 Å². The molecule has 4 rings (SSSR count). The average molecular weight is 448 g/mol. The molecule has 1 atom stereocenters. The summed E-state index contributed by atoms with van der Waals surface area (Å²) in [6.07, 6.45) is 8.67. The van der Waals surface area contributed by atoms with Crippen LogP contribution in [-0.2, 0) is 4.79 Å². The van der Waals surface area contributed by atoms with Gasteiger partial charge in [-0.3, -0.25) is 14.4 Å². The molecule has 6 nitrogen and oxygen atoms in total. The molecule has 1 saturated heterocycles. The number of nitrogens with one attached hydrogen (secondary N) is 2. The number of nitrogens with zero attached hydrogens (tertiary/aromatic N) is 1. The Morgan fingerprint density at radius 3 is 2.15 bits per heavy atom. The van der Waals surface area contributed by atoms with Gasteiger partial charge in [-0.25, -0.2) is 0 Å². The molecule has 174 valence electrons. The highest BCUT2D eigenvalue weighted by molar-refractivity contribution is 6.04. The van der Waals surface area contributed by atoms with E-state index >= 15 is 0 Å². The predicted molar refractivity (Wildman–Crippen MR) is 129 cm³/mol. The number of likely N-dealkylation sites (tertiary alicyclic amines) is 1. The van der Waals surface area contributed by atoms with Crippen molar-refractivity contribution < 1.29 is 14.4 Å². The first-order valence-corrected chi connectivity index (χ1v) is 12.2. The van der Waals surface area contributed by atoms with Gasteiger partial charge in [0.25, 0.3) is 11.8 Å². The number of amides is 3. The van der Waals surface area contributed by atoms with Gasteiger partial charge >= 0.3 is 0 Å². The lowest BCUT2D eigenvalue weighted by molar-refractivity contribution is -0.127. The van der Waals surface area contributed by atoms with Crippen LogP contribution in [0.5, 0.6) is 0 Å². The maximum Gasteiger partial charge on any atom is 0.255 e. The summed E-state index contributed by atoms with van der Waals surface area (Å²) in [4.78, 5) is 40.0. The van der Waals surface area contributed by atoms with E-state index in [0.717, 1.165) is 25.7 Å². The van der Waals surface area contributed by atoms with E-state index in [1.165, 1.54) is 25.7 Å². The highest BCUT2D eigenvalue weighted by atomic mass is 16.2. The molecule has 0 aromatic heterocycles. The van der Waals surface area contributed by atoms with Crippen LogP contribution in [0.15, 0.2) is 54.6 Å². The molecule has 0 bridgehead atoms. The van der Waals surface area contributed by atoms with Crippen LogP contribution in [0.1, 0.15) is 72.1 Å². The first-order chi connectivity index (χ1) is 16.1. The zero-order valence-corrected chi connectivity index (χ0v) is 19.1. The van der Waals surface area contributed by atoms with Crippen LogP contribution in [0.4, 0.5) is 5.69 Å². The predicted octanol–water partition coefficient (Wildman–Crippen LogP) is 4.63. The third-order valence-electron chi connectivity index (χ3n) is 6.71. The van der Waals surface area contributed by atoms with Gasteiger partial charge in [0.15, 0.2) is 0 Å². The third-order valence-corrected chi connectivity index (χ3v) is 6.71. The molecule has 2 fully saturated rings. The Morgan fingerprint density at radius 1 is 0.758 bits per heavy atom. The van der Waals surface area contributed by atoms with Gasteiger partial charge in [0.2, 0.25) is 5.91 Å². The lowest BCUT2D eigenvalue weighted by Crippen LogP contribution is -2.47. The fourth-order valence-corrected chi connectivity index (χ4v) is 4.79. The van der Waals surface area contributed by atoms with Gasteiger partial charge in [-0.2, -0.15) is 0 Å². The van der Waals surface area contributed by atoms with Crippen LogP contribution in [0.2, 0.25) is 0 Å². The van der Waals surface area contributed by atoms with Crippen LogP contribution in [0.25, 0.3) is 0 Å². The van der Waals surface area contributed by atoms with E-state index in [-0.39, 0.29) is 29.7 Å². The quantitative estimate of drug-likeness (QED) is 0.656. The van der Waals surface area contributed by atoms with Crippen LogP contribution in [-0.4, -0.2) is 41.8 Å². The second-order valence-electron chi connectivity index (χ2n) is 9.18. The van der Waals surface area contributed by atoms with Crippen molar-refractivity contribution in [2.75, 3.05) is 18.4 Å². The number of anilines is 1. The lowest BCUT2D eigenvalue weighted by Gasteiger charge is -2.33. The zero-order chi connectivity index (χ0) is 23.0. The van der Waals surface area contributed by atoms with Gasteiger partial charge in [-0.15, -0.1) is 0 Å². The highest BCUT2D eigenvalue weighted by Gasteiger charge is 2.30. The molecular formula is C27H33N3O3. The minimum atomic E-state index is -0.187. The smallest absolute Gasteiger partial charge is 0.255 e. The van der Waals surface area contributed by atoms with Gasteiger partial charge in [-0.05, 0) is 62.1 Å². The SMILES string of the molecule is O=C(Nc1ccc(C(=O)N2CCC[C@H](C(=O)NC3CCCCCC3)C2)cc1)c1ccccc1. The monoisotopic (exact) mass is 447 g/mol. The van der Waals surface area contributed by atoms with Gasteiger partial charge in [0, 0.05) is 35.9 Å². The molecule has 3 amide bonds. The number of hydrogen-bond donors (Lipinski definition) is 2. The first-order valence-electron chi connectivity index (χ1n) is 12.2.